The molecule has 5 aromatic rings. The molecule has 3 aromatic carbocycles. The van der Waals surface area contributed by atoms with Gasteiger partial charge in [-0.2, -0.15) is 0 Å². The van der Waals surface area contributed by atoms with Crippen LogP contribution in [0, 0.1) is 27.7 Å². The van der Waals surface area contributed by atoms with Gasteiger partial charge in [0.05, 0.1) is 30.6 Å². The van der Waals surface area contributed by atoms with Crippen molar-refractivity contribution < 1.29 is 9.47 Å². The second kappa shape index (κ2) is 11.3. The third-order valence-corrected chi connectivity index (χ3v) is 8.27. The average Bonchev–Trinajstić information content (AvgIpc) is 3.49. The maximum absolute atomic E-state index is 6.10. The standard InChI is InChI=1S/C35H34N4O2S/c1-22-9-8-10-23(2)33(22)38-24(3)21-30(25(38)4)34-32(31-11-6-7-20-36-31)37-35(42)39(34)26-12-14-28(15-13-26)41-29-18-16-27(40-5)17-19-29/h6-21,32,34H,1-5H3,(H,37,42)/t32-,34-/m1/s1. The fraction of sp³-hybridized carbons (Fsp3) is 0.200. The van der Waals surface area contributed by atoms with Crippen LogP contribution in [-0.4, -0.2) is 21.8 Å². The first-order valence-corrected chi connectivity index (χ1v) is 14.4. The van der Waals surface area contributed by atoms with Gasteiger partial charge in [-0.05, 0) is 123 Å². The van der Waals surface area contributed by atoms with Crippen molar-refractivity contribution in [2.24, 2.45) is 0 Å². The summed E-state index contributed by atoms with van der Waals surface area (Å²) in [5, 5.41) is 4.26. The molecule has 0 amide bonds. The van der Waals surface area contributed by atoms with Crippen LogP contribution in [0.25, 0.3) is 5.69 Å². The van der Waals surface area contributed by atoms with E-state index in [1.165, 1.54) is 33.8 Å². The number of nitrogens with zero attached hydrogens (tertiary/aromatic N) is 3. The van der Waals surface area contributed by atoms with Crippen LogP contribution in [0.15, 0.2) is 97.2 Å². The Bertz CT molecular complexity index is 1710. The number of pyridine rings is 1. The molecule has 6 nitrogen and oxygen atoms in total. The van der Waals surface area contributed by atoms with Crippen molar-refractivity contribution >= 4 is 23.0 Å². The average molecular weight is 575 g/mol. The van der Waals surface area contributed by atoms with Gasteiger partial charge in [-0.1, -0.05) is 24.3 Å². The first kappa shape index (κ1) is 27.5. The van der Waals surface area contributed by atoms with E-state index in [4.69, 9.17) is 26.7 Å². The summed E-state index contributed by atoms with van der Waals surface area (Å²) in [6, 6.07) is 30.2. The minimum absolute atomic E-state index is 0.106. The third-order valence-electron chi connectivity index (χ3n) is 7.96. The lowest BCUT2D eigenvalue weighted by atomic mass is 9.96. The molecular weight excluding hydrogens is 540 g/mol. The topological polar surface area (TPSA) is 51.6 Å². The van der Waals surface area contributed by atoms with E-state index in [0.29, 0.717) is 5.11 Å². The van der Waals surface area contributed by atoms with E-state index in [-0.39, 0.29) is 12.1 Å². The molecule has 1 aliphatic rings. The molecule has 3 heterocycles. The molecule has 1 aliphatic heterocycles. The van der Waals surface area contributed by atoms with E-state index >= 15 is 0 Å². The van der Waals surface area contributed by atoms with Crippen LogP contribution < -0.4 is 19.7 Å². The van der Waals surface area contributed by atoms with E-state index in [1.807, 2.05) is 54.7 Å². The van der Waals surface area contributed by atoms with Crippen molar-refractivity contribution in [1.29, 1.82) is 0 Å². The lowest BCUT2D eigenvalue weighted by molar-refractivity contribution is 0.413. The van der Waals surface area contributed by atoms with Gasteiger partial charge in [-0.3, -0.25) is 4.98 Å². The zero-order valence-corrected chi connectivity index (χ0v) is 25.3. The predicted molar refractivity (Wildman–Crippen MR) is 172 cm³/mol. The molecule has 1 fully saturated rings. The SMILES string of the molecule is COc1ccc(Oc2ccc(N3C(=S)N[C@H](c4ccccn4)[C@H]3c3cc(C)n(-c4c(C)cccc4C)c3C)cc2)cc1. The van der Waals surface area contributed by atoms with Gasteiger partial charge in [0.15, 0.2) is 5.11 Å². The maximum Gasteiger partial charge on any atom is 0.174 e. The van der Waals surface area contributed by atoms with E-state index in [2.05, 4.69) is 84.9 Å². The number of aromatic nitrogens is 2. The molecule has 42 heavy (non-hydrogen) atoms. The molecule has 2 aromatic heterocycles. The molecular formula is C35H34N4O2S. The van der Waals surface area contributed by atoms with Crippen molar-refractivity contribution in [1.82, 2.24) is 14.9 Å². The number of thiocarbonyl (C=S) groups is 1. The minimum Gasteiger partial charge on any atom is -0.497 e. The van der Waals surface area contributed by atoms with Gasteiger partial charge in [0.1, 0.15) is 17.2 Å². The molecule has 0 saturated carbocycles. The molecule has 0 radical (unpaired) electrons. The fourth-order valence-corrected chi connectivity index (χ4v) is 6.34. The van der Waals surface area contributed by atoms with Crippen LogP contribution in [0.5, 0.6) is 17.2 Å². The molecule has 7 heteroatoms. The Labute approximate surface area is 252 Å². The van der Waals surface area contributed by atoms with Gasteiger partial charge in [-0.15, -0.1) is 0 Å². The Hall–Kier alpha value is -4.62. The van der Waals surface area contributed by atoms with Crippen LogP contribution >= 0.6 is 12.2 Å². The number of benzene rings is 3. The summed E-state index contributed by atoms with van der Waals surface area (Å²) in [7, 11) is 1.65. The number of anilines is 1. The van der Waals surface area contributed by atoms with Crippen molar-refractivity contribution in [3.63, 3.8) is 0 Å². The van der Waals surface area contributed by atoms with E-state index in [1.54, 1.807) is 7.11 Å². The number of hydrogen-bond acceptors (Lipinski definition) is 4. The van der Waals surface area contributed by atoms with E-state index < -0.39 is 0 Å². The number of methoxy groups -OCH3 is 1. The summed E-state index contributed by atoms with van der Waals surface area (Å²) < 4.78 is 13.7. The zero-order chi connectivity index (χ0) is 29.4. The van der Waals surface area contributed by atoms with Crippen LogP contribution in [0.2, 0.25) is 0 Å². The van der Waals surface area contributed by atoms with Crippen LogP contribution in [0.1, 0.15) is 45.9 Å². The van der Waals surface area contributed by atoms with E-state index in [9.17, 15) is 0 Å². The van der Waals surface area contributed by atoms with E-state index in [0.717, 1.165) is 28.6 Å². The van der Waals surface area contributed by atoms with Crippen molar-refractivity contribution in [3.05, 3.63) is 131 Å². The lowest BCUT2D eigenvalue weighted by Crippen LogP contribution is -2.29. The third kappa shape index (κ3) is 5.01. The van der Waals surface area contributed by atoms with Gasteiger partial charge < -0.3 is 24.3 Å². The molecule has 0 spiro atoms. The van der Waals surface area contributed by atoms with Gasteiger partial charge in [0.2, 0.25) is 0 Å². The smallest absolute Gasteiger partial charge is 0.174 e. The maximum atomic E-state index is 6.10. The van der Waals surface area contributed by atoms with Gasteiger partial charge in [0, 0.05) is 23.3 Å². The Morgan fingerprint density at radius 3 is 2.05 bits per heavy atom. The predicted octanol–water partition coefficient (Wildman–Crippen LogP) is 8.08. The number of aryl methyl sites for hydroxylation is 3. The van der Waals surface area contributed by atoms with Gasteiger partial charge >= 0.3 is 0 Å². The number of ether oxygens (including phenoxy) is 2. The van der Waals surface area contributed by atoms with Crippen molar-refractivity contribution in [3.8, 4) is 22.9 Å². The largest absolute Gasteiger partial charge is 0.497 e. The molecule has 0 unspecified atom stereocenters. The number of para-hydroxylation sites is 1. The Morgan fingerprint density at radius 2 is 1.43 bits per heavy atom. The quantitative estimate of drug-likeness (QED) is 0.198. The molecule has 1 N–H and O–H groups in total. The highest BCUT2D eigenvalue weighted by Gasteiger charge is 2.42. The first-order chi connectivity index (χ1) is 20.4. The van der Waals surface area contributed by atoms with Gasteiger partial charge in [-0.25, -0.2) is 0 Å². The van der Waals surface area contributed by atoms with Crippen LogP contribution in [0.4, 0.5) is 5.69 Å². The van der Waals surface area contributed by atoms with Gasteiger partial charge in [0.25, 0.3) is 0 Å². The number of nitrogens with one attached hydrogen (secondary N) is 1. The highest BCUT2D eigenvalue weighted by molar-refractivity contribution is 7.80. The lowest BCUT2D eigenvalue weighted by Gasteiger charge is -2.28. The molecule has 0 aliphatic carbocycles. The second-order valence-electron chi connectivity index (χ2n) is 10.7. The number of hydrogen-bond donors (Lipinski definition) is 1. The molecule has 6 rings (SSSR count). The Morgan fingerprint density at radius 1 is 0.786 bits per heavy atom. The summed E-state index contributed by atoms with van der Waals surface area (Å²) in [6.45, 7) is 8.72. The van der Waals surface area contributed by atoms with Crippen molar-refractivity contribution in [2.45, 2.75) is 39.8 Å². The Kier molecular flexibility index (Phi) is 7.43. The van der Waals surface area contributed by atoms with Crippen molar-refractivity contribution in [2.75, 3.05) is 12.0 Å². The summed E-state index contributed by atoms with van der Waals surface area (Å²) in [6.07, 6.45) is 1.84. The summed E-state index contributed by atoms with van der Waals surface area (Å²) in [5.41, 5.74) is 9.22. The highest BCUT2D eigenvalue weighted by atomic mass is 32.1. The monoisotopic (exact) mass is 574 g/mol. The molecule has 2 atom stereocenters. The Balaban J connectivity index is 1.41. The first-order valence-electron chi connectivity index (χ1n) is 14.0. The second-order valence-corrected chi connectivity index (χ2v) is 11.1. The summed E-state index contributed by atoms with van der Waals surface area (Å²) in [5.74, 6) is 2.28. The summed E-state index contributed by atoms with van der Waals surface area (Å²) >= 11 is 5.99. The molecule has 0 bridgehead atoms. The van der Waals surface area contributed by atoms with Crippen LogP contribution in [-0.2, 0) is 0 Å². The summed E-state index contributed by atoms with van der Waals surface area (Å²) in [4.78, 5) is 6.94. The molecule has 1 saturated heterocycles. The fourth-order valence-electron chi connectivity index (χ4n) is 5.99. The van der Waals surface area contributed by atoms with Crippen LogP contribution in [0.3, 0.4) is 0 Å². The number of rotatable bonds is 7. The zero-order valence-electron chi connectivity index (χ0n) is 24.5. The molecule has 212 valence electrons. The normalized spacial score (nSPS) is 16.4. The minimum atomic E-state index is -0.124. The highest BCUT2D eigenvalue weighted by Crippen LogP contribution is 2.44.